The molecule has 0 amide bonds. The normalized spacial score (nSPS) is 13.4. The maximum absolute atomic E-state index is 8.87. The summed E-state index contributed by atoms with van der Waals surface area (Å²) in [6.07, 6.45) is 2.11. The SMILES string of the molecule is CSCC(C)N(C)Cc1ccc(CO)o1. The minimum absolute atomic E-state index is 0.0237. The van der Waals surface area contributed by atoms with Gasteiger partial charge in [-0.2, -0.15) is 11.8 Å². The second-order valence-electron chi connectivity index (χ2n) is 3.75. The van der Waals surface area contributed by atoms with Crippen LogP contribution in [0, 0.1) is 0 Å². The van der Waals surface area contributed by atoms with Gasteiger partial charge in [0.1, 0.15) is 18.1 Å². The van der Waals surface area contributed by atoms with Crippen LogP contribution in [0.5, 0.6) is 0 Å². The molecule has 0 aliphatic carbocycles. The van der Waals surface area contributed by atoms with Crippen LogP contribution < -0.4 is 0 Å². The van der Waals surface area contributed by atoms with E-state index in [0.29, 0.717) is 11.8 Å². The van der Waals surface area contributed by atoms with Crippen LogP contribution in [0.25, 0.3) is 0 Å². The van der Waals surface area contributed by atoms with Gasteiger partial charge in [0.25, 0.3) is 0 Å². The van der Waals surface area contributed by atoms with Gasteiger partial charge in [-0.05, 0) is 32.4 Å². The first kappa shape index (κ1) is 12.6. The number of hydrogen-bond acceptors (Lipinski definition) is 4. The fourth-order valence-electron chi connectivity index (χ4n) is 1.36. The third kappa shape index (κ3) is 3.89. The molecule has 1 aromatic heterocycles. The van der Waals surface area contributed by atoms with Crippen molar-refractivity contribution >= 4 is 11.8 Å². The highest BCUT2D eigenvalue weighted by Gasteiger charge is 2.10. The first-order valence-corrected chi connectivity index (χ1v) is 6.44. The van der Waals surface area contributed by atoms with Crippen molar-refractivity contribution in [3.05, 3.63) is 23.7 Å². The molecule has 1 aromatic rings. The molecule has 0 aliphatic heterocycles. The lowest BCUT2D eigenvalue weighted by Crippen LogP contribution is -2.30. The standard InChI is InChI=1S/C11H19NO2S/c1-9(8-15-3)12(2)6-10-4-5-11(7-13)14-10/h4-5,9,13H,6-8H2,1-3H3. The third-order valence-corrected chi connectivity index (χ3v) is 3.25. The van der Waals surface area contributed by atoms with Crippen molar-refractivity contribution in [2.24, 2.45) is 0 Å². The number of rotatable bonds is 6. The summed E-state index contributed by atoms with van der Waals surface area (Å²) in [6, 6.07) is 4.28. The zero-order chi connectivity index (χ0) is 11.3. The Morgan fingerprint density at radius 2 is 2.13 bits per heavy atom. The molecule has 1 N–H and O–H groups in total. The fourth-order valence-corrected chi connectivity index (χ4v) is 2.10. The average Bonchev–Trinajstić information content (AvgIpc) is 2.66. The van der Waals surface area contributed by atoms with Crippen LogP contribution in [-0.2, 0) is 13.2 Å². The van der Waals surface area contributed by atoms with Crippen molar-refractivity contribution in [2.45, 2.75) is 26.1 Å². The van der Waals surface area contributed by atoms with Crippen LogP contribution in [0.2, 0.25) is 0 Å². The molecule has 0 saturated carbocycles. The minimum atomic E-state index is -0.0237. The molecule has 4 heteroatoms. The van der Waals surface area contributed by atoms with E-state index in [1.54, 1.807) is 0 Å². The Morgan fingerprint density at radius 1 is 1.47 bits per heavy atom. The zero-order valence-electron chi connectivity index (χ0n) is 9.56. The van der Waals surface area contributed by atoms with Crippen molar-refractivity contribution in [3.63, 3.8) is 0 Å². The van der Waals surface area contributed by atoms with Gasteiger partial charge < -0.3 is 9.52 Å². The molecule has 15 heavy (non-hydrogen) atoms. The predicted molar refractivity (Wildman–Crippen MR) is 63.9 cm³/mol. The zero-order valence-corrected chi connectivity index (χ0v) is 10.4. The molecule has 86 valence electrons. The van der Waals surface area contributed by atoms with E-state index in [1.165, 1.54) is 0 Å². The molecule has 3 nitrogen and oxygen atoms in total. The molecule has 1 unspecified atom stereocenters. The lowest BCUT2D eigenvalue weighted by Gasteiger charge is -2.22. The minimum Gasteiger partial charge on any atom is -0.462 e. The number of aliphatic hydroxyl groups is 1. The average molecular weight is 229 g/mol. The van der Waals surface area contributed by atoms with Crippen LogP contribution >= 0.6 is 11.8 Å². The number of aliphatic hydroxyl groups excluding tert-OH is 1. The summed E-state index contributed by atoms with van der Waals surface area (Å²) < 4.78 is 5.43. The van der Waals surface area contributed by atoms with Gasteiger partial charge in [0.15, 0.2) is 0 Å². The summed E-state index contributed by atoms with van der Waals surface area (Å²) in [5.41, 5.74) is 0. The quantitative estimate of drug-likeness (QED) is 0.809. The number of thioether (sulfide) groups is 1. The van der Waals surface area contributed by atoms with Crippen LogP contribution in [0.1, 0.15) is 18.4 Å². The number of nitrogens with zero attached hydrogens (tertiary/aromatic N) is 1. The van der Waals surface area contributed by atoms with E-state index < -0.39 is 0 Å². The Balaban J connectivity index is 2.46. The van der Waals surface area contributed by atoms with Gasteiger partial charge >= 0.3 is 0 Å². The molecular formula is C11H19NO2S. The Morgan fingerprint density at radius 3 is 2.67 bits per heavy atom. The molecule has 0 spiro atoms. The largest absolute Gasteiger partial charge is 0.462 e. The topological polar surface area (TPSA) is 36.6 Å². The van der Waals surface area contributed by atoms with Gasteiger partial charge in [-0.3, -0.25) is 4.90 Å². The molecule has 1 heterocycles. The highest BCUT2D eigenvalue weighted by Crippen LogP contribution is 2.12. The van der Waals surface area contributed by atoms with Crippen molar-refractivity contribution in [3.8, 4) is 0 Å². The Bertz CT molecular complexity index is 288. The lowest BCUT2D eigenvalue weighted by molar-refractivity contribution is 0.220. The van der Waals surface area contributed by atoms with Crippen LogP contribution in [-0.4, -0.2) is 35.1 Å². The van der Waals surface area contributed by atoms with Crippen LogP contribution in [0.3, 0.4) is 0 Å². The molecule has 1 atom stereocenters. The van der Waals surface area contributed by atoms with E-state index in [1.807, 2.05) is 23.9 Å². The summed E-state index contributed by atoms with van der Waals surface area (Å²) in [5.74, 6) is 2.66. The van der Waals surface area contributed by atoms with Crippen molar-refractivity contribution < 1.29 is 9.52 Å². The summed E-state index contributed by atoms with van der Waals surface area (Å²) in [6.45, 7) is 2.97. The first-order valence-electron chi connectivity index (χ1n) is 5.05. The smallest absolute Gasteiger partial charge is 0.129 e. The highest BCUT2D eigenvalue weighted by molar-refractivity contribution is 7.98. The fraction of sp³-hybridized carbons (Fsp3) is 0.636. The molecule has 0 bridgehead atoms. The van der Waals surface area contributed by atoms with Gasteiger partial charge in [-0.25, -0.2) is 0 Å². The Kier molecular flexibility index (Phi) is 5.22. The van der Waals surface area contributed by atoms with Gasteiger partial charge in [0.05, 0.1) is 6.54 Å². The second kappa shape index (κ2) is 6.20. The summed E-state index contributed by atoms with van der Waals surface area (Å²) in [5, 5.41) is 8.87. The second-order valence-corrected chi connectivity index (χ2v) is 4.66. The molecule has 0 saturated heterocycles. The van der Waals surface area contributed by atoms with Crippen LogP contribution in [0.15, 0.2) is 16.5 Å². The third-order valence-electron chi connectivity index (χ3n) is 2.44. The van der Waals surface area contributed by atoms with E-state index in [9.17, 15) is 0 Å². The van der Waals surface area contributed by atoms with E-state index in [0.717, 1.165) is 18.1 Å². The maximum Gasteiger partial charge on any atom is 0.129 e. The van der Waals surface area contributed by atoms with Crippen LogP contribution in [0.4, 0.5) is 0 Å². The predicted octanol–water partition coefficient (Wildman–Crippen LogP) is 1.96. The molecule has 0 radical (unpaired) electrons. The molecule has 1 rings (SSSR count). The van der Waals surface area contributed by atoms with Crippen molar-refractivity contribution in [1.82, 2.24) is 4.90 Å². The van der Waals surface area contributed by atoms with Gasteiger partial charge in [-0.1, -0.05) is 0 Å². The van der Waals surface area contributed by atoms with E-state index in [2.05, 4.69) is 25.1 Å². The summed E-state index contributed by atoms with van der Waals surface area (Å²) in [7, 11) is 2.09. The Labute approximate surface area is 95.5 Å². The van der Waals surface area contributed by atoms with Crippen molar-refractivity contribution in [1.29, 1.82) is 0 Å². The maximum atomic E-state index is 8.87. The first-order chi connectivity index (χ1) is 7.17. The van der Waals surface area contributed by atoms with E-state index in [-0.39, 0.29) is 6.61 Å². The summed E-state index contributed by atoms with van der Waals surface area (Å²) in [4.78, 5) is 2.25. The lowest BCUT2D eigenvalue weighted by atomic mass is 10.3. The summed E-state index contributed by atoms with van der Waals surface area (Å²) >= 11 is 1.85. The number of furan rings is 1. The molecule has 0 aliphatic rings. The van der Waals surface area contributed by atoms with E-state index in [4.69, 9.17) is 9.52 Å². The Hall–Kier alpha value is -0.450. The number of hydrogen-bond donors (Lipinski definition) is 1. The molecule has 0 aromatic carbocycles. The monoisotopic (exact) mass is 229 g/mol. The van der Waals surface area contributed by atoms with Gasteiger partial charge in [0.2, 0.25) is 0 Å². The van der Waals surface area contributed by atoms with E-state index >= 15 is 0 Å². The van der Waals surface area contributed by atoms with Crippen molar-refractivity contribution in [2.75, 3.05) is 19.1 Å². The van der Waals surface area contributed by atoms with Gasteiger partial charge in [-0.15, -0.1) is 0 Å². The molecular weight excluding hydrogens is 210 g/mol. The van der Waals surface area contributed by atoms with Gasteiger partial charge in [0, 0.05) is 11.8 Å². The highest BCUT2D eigenvalue weighted by atomic mass is 32.2. The molecule has 0 fully saturated rings.